The molecule has 0 atom stereocenters. The second-order valence-electron chi connectivity index (χ2n) is 7.06. The lowest BCUT2D eigenvalue weighted by molar-refractivity contribution is 0.284. The van der Waals surface area contributed by atoms with Gasteiger partial charge in [0, 0.05) is 23.2 Å². The Morgan fingerprint density at radius 1 is 0.897 bits per heavy atom. The predicted molar refractivity (Wildman–Crippen MR) is 119 cm³/mol. The van der Waals surface area contributed by atoms with Crippen LogP contribution in [0.3, 0.4) is 0 Å². The van der Waals surface area contributed by atoms with E-state index in [2.05, 4.69) is 12.2 Å². The highest BCUT2D eigenvalue weighted by atomic mass is 35.5. The molecule has 0 unspecified atom stereocenters. The van der Waals surface area contributed by atoms with Gasteiger partial charge in [-0.05, 0) is 36.7 Å². The van der Waals surface area contributed by atoms with Gasteiger partial charge in [-0.15, -0.1) is 0 Å². The summed E-state index contributed by atoms with van der Waals surface area (Å²) in [5, 5.41) is 4.38. The minimum absolute atomic E-state index is 0.196. The van der Waals surface area contributed by atoms with Crippen molar-refractivity contribution in [1.82, 2.24) is 5.32 Å². The molecule has 0 saturated heterocycles. The molecule has 29 heavy (non-hydrogen) atoms. The molecule has 1 N–H and O–H groups in total. The summed E-state index contributed by atoms with van der Waals surface area (Å²) in [5.74, 6) is 0.749. The van der Waals surface area contributed by atoms with Gasteiger partial charge >= 0.3 is 0 Å². The summed E-state index contributed by atoms with van der Waals surface area (Å²) < 4.78 is 24.5. The molecular weight excluding hydrogens is 412 g/mol. The van der Waals surface area contributed by atoms with Crippen molar-refractivity contribution in [3.05, 3.63) is 57.3 Å². The third kappa shape index (κ3) is 8.04. The van der Waals surface area contributed by atoms with Crippen molar-refractivity contribution >= 4 is 23.2 Å². The summed E-state index contributed by atoms with van der Waals surface area (Å²) in [7, 11) is 1.59. The Morgan fingerprint density at radius 3 is 2.34 bits per heavy atom. The van der Waals surface area contributed by atoms with Crippen LogP contribution in [0.4, 0.5) is 4.39 Å². The van der Waals surface area contributed by atoms with Gasteiger partial charge in [0.15, 0.2) is 11.5 Å². The molecule has 2 aromatic rings. The third-order valence-electron chi connectivity index (χ3n) is 4.75. The van der Waals surface area contributed by atoms with Gasteiger partial charge in [0.25, 0.3) is 0 Å². The van der Waals surface area contributed by atoms with Crippen molar-refractivity contribution in [2.45, 2.75) is 58.6 Å². The van der Waals surface area contributed by atoms with Gasteiger partial charge in [-0.1, -0.05) is 68.3 Å². The van der Waals surface area contributed by atoms with E-state index in [1.54, 1.807) is 19.2 Å². The van der Waals surface area contributed by atoms with Crippen molar-refractivity contribution in [3.63, 3.8) is 0 Å². The first-order chi connectivity index (χ1) is 14.0. The zero-order chi connectivity index (χ0) is 21.1. The Labute approximate surface area is 183 Å². The van der Waals surface area contributed by atoms with Crippen molar-refractivity contribution in [2.24, 2.45) is 0 Å². The zero-order valence-corrected chi connectivity index (χ0v) is 18.7. The fraction of sp³-hybridized carbons (Fsp3) is 0.478. The minimum atomic E-state index is -0.378. The summed E-state index contributed by atoms with van der Waals surface area (Å²) in [4.78, 5) is 0. The number of rotatable bonds is 13. The second kappa shape index (κ2) is 12.9. The van der Waals surface area contributed by atoms with Gasteiger partial charge in [-0.25, -0.2) is 4.39 Å². The number of halogens is 3. The normalized spacial score (nSPS) is 10.9. The molecule has 0 fully saturated rings. The van der Waals surface area contributed by atoms with E-state index < -0.39 is 0 Å². The largest absolute Gasteiger partial charge is 0.493 e. The van der Waals surface area contributed by atoms with E-state index in [4.69, 9.17) is 32.7 Å². The first kappa shape index (κ1) is 23.8. The van der Waals surface area contributed by atoms with Gasteiger partial charge in [0.2, 0.25) is 0 Å². The Hall–Kier alpha value is -1.49. The maximum Gasteiger partial charge on any atom is 0.163 e. The Kier molecular flexibility index (Phi) is 10.6. The van der Waals surface area contributed by atoms with Gasteiger partial charge in [0.1, 0.15) is 12.4 Å². The van der Waals surface area contributed by atoms with Crippen LogP contribution >= 0.6 is 23.2 Å². The summed E-state index contributed by atoms with van der Waals surface area (Å²) in [5.41, 5.74) is 1.65. The van der Waals surface area contributed by atoms with Crippen molar-refractivity contribution < 1.29 is 13.9 Å². The number of hydrogen-bond acceptors (Lipinski definition) is 3. The van der Waals surface area contributed by atoms with Crippen molar-refractivity contribution in [1.29, 1.82) is 0 Å². The molecule has 0 aliphatic carbocycles. The van der Waals surface area contributed by atoms with Crippen LogP contribution in [0.1, 0.15) is 56.6 Å². The molecule has 0 bridgehead atoms. The monoisotopic (exact) mass is 441 g/mol. The van der Waals surface area contributed by atoms with Crippen LogP contribution in [0, 0.1) is 5.82 Å². The van der Waals surface area contributed by atoms with Crippen molar-refractivity contribution in [3.8, 4) is 11.5 Å². The number of benzene rings is 2. The lowest BCUT2D eigenvalue weighted by Gasteiger charge is -2.15. The average Bonchev–Trinajstić information content (AvgIpc) is 2.70. The standard InChI is InChI=1S/C23H30Cl2FNO2/c1-3-4-5-6-7-8-11-27-15-18-12-22(28-2)23(14-21(18)25)29-16-17-9-10-19(26)13-20(17)24/h9-10,12-14,27H,3-8,11,15-16H2,1-2H3. The second-order valence-corrected chi connectivity index (χ2v) is 7.88. The molecule has 0 aliphatic heterocycles. The number of nitrogens with one attached hydrogen (secondary N) is 1. The van der Waals surface area contributed by atoms with Gasteiger partial charge in [-0.3, -0.25) is 0 Å². The fourth-order valence-electron chi connectivity index (χ4n) is 3.03. The topological polar surface area (TPSA) is 30.5 Å². The van der Waals surface area contributed by atoms with E-state index in [1.807, 2.05) is 6.07 Å². The highest BCUT2D eigenvalue weighted by Gasteiger charge is 2.12. The summed E-state index contributed by atoms with van der Waals surface area (Å²) >= 11 is 12.5. The summed E-state index contributed by atoms with van der Waals surface area (Å²) in [6.07, 6.45) is 7.64. The minimum Gasteiger partial charge on any atom is -0.493 e. The van der Waals surface area contributed by atoms with E-state index in [-0.39, 0.29) is 12.4 Å². The predicted octanol–water partition coefficient (Wildman–Crippen LogP) is 7.17. The van der Waals surface area contributed by atoms with E-state index >= 15 is 0 Å². The smallest absolute Gasteiger partial charge is 0.163 e. The molecule has 0 saturated carbocycles. The van der Waals surface area contributed by atoms with Gasteiger partial charge in [-0.2, -0.15) is 0 Å². The van der Waals surface area contributed by atoms with Crippen LogP contribution in [0.2, 0.25) is 10.0 Å². The van der Waals surface area contributed by atoms with E-state index in [0.717, 1.165) is 18.5 Å². The van der Waals surface area contributed by atoms with Gasteiger partial charge < -0.3 is 14.8 Å². The SMILES string of the molecule is CCCCCCCCNCc1cc(OC)c(OCc2ccc(F)cc2Cl)cc1Cl. The lowest BCUT2D eigenvalue weighted by Crippen LogP contribution is -2.15. The molecule has 0 aliphatic rings. The van der Waals surface area contributed by atoms with E-state index in [1.165, 1.54) is 44.2 Å². The summed E-state index contributed by atoms with van der Waals surface area (Å²) in [6, 6.07) is 7.86. The molecule has 2 rings (SSSR count). The molecule has 0 aromatic heterocycles. The number of methoxy groups -OCH3 is 1. The Balaban J connectivity index is 1.87. The molecule has 0 radical (unpaired) electrons. The quantitative estimate of drug-likeness (QED) is 0.334. The van der Waals surface area contributed by atoms with Crippen molar-refractivity contribution in [2.75, 3.05) is 13.7 Å². The molecule has 2 aromatic carbocycles. The lowest BCUT2D eigenvalue weighted by atomic mass is 10.1. The average molecular weight is 442 g/mol. The van der Waals surface area contributed by atoms with Crippen LogP contribution in [0.25, 0.3) is 0 Å². The molecular formula is C23H30Cl2FNO2. The molecule has 0 amide bonds. The van der Waals surface area contributed by atoms with Crippen LogP contribution in [0.15, 0.2) is 30.3 Å². The number of hydrogen-bond donors (Lipinski definition) is 1. The molecule has 6 heteroatoms. The van der Waals surface area contributed by atoms with Crippen LogP contribution < -0.4 is 14.8 Å². The molecule has 0 spiro atoms. The summed E-state index contributed by atoms with van der Waals surface area (Å²) in [6.45, 7) is 4.07. The van der Waals surface area contributed by atoms with Crippen LogP contribution in [0.5, 0.6) is 11.5 Å². The maximum atomic E-state index is 13.2. The molecule has 160 valence electrons. The first-order valence-electron chi connectivity index (χ1n) is 10.2. The van der Waals surface area contributed by atoms with Crippen LogP contribution in [-0.4, -0.2) is 13.7 Å². The highest BCUT2D eigenvalue weighted by Crippen LogP contribution is 2.34. The number of unbranched alkanes of at least 4 members (excludes halogenated alkanes) is 5. The van der Waals surface area contributed by atoms with Gasteiger partial charge in [0.05, 0.1) is 12.1 Å². The Bertz CT molecular complexity index is 771. The number of ether oxygens (including phenoxy) is 2. The highest BCUT2D eigenvalue weighted by molar-refractivity contribution is 6.31. The van der Waals surface area contributed by atoms with E-state index in [0.29, 0.717) is 33.7 Å². The molecule has 0 heterocycles. The Morgan fingerprint density at radius 2 is 1.62 bits per heavy atom. The maximum absolute atomic E-state index is 13.2. The first-order valence-corrected chi connectivity index (χ1v) is 10.9. The van der Waals surface area contributed by atoms with E-state index in [9.17, 15) is 4.39 Å². The zero-order valence-electron chi connectivity index (χ0n) is 17.2. The molecule has 3 nitrogen and oxygen atoms in total. The fourth-order valence-corrected chi connectivity index (χ4v) is 3.47. The van der Waals surface area contributed by atoms with Crippen LogP contribution in [-0.2, 0) is 13.2 Å². The third-order valence-corrected chi connectivity index (χ3v) is 5.46.